The van der Waals surface area contributed by atoms with Crippen LogP contribution in [0.2, 0.25) is 0 Å². The number of rotatable bonds is 3. The van der Waals surface area contributed by atoms with Gasteiger partial charge in [0.1, 0.15) is 18.3 Å². The fourth-order valence-corrected chi connectivity index (χ4v) is 3.58. The predicted molar refractivity (Wildman–Crippen MR) is 99.0 cm³/mol. The highest BCUT2D eigenvalue weighted by Gasteiger charge is 2.45. The predicted octanol–water partition coefficient (Wildman–Crippen LogP) is 3.04. The number of ketones is 1. The Labute approximate surface area is 159 Å². The van der Waals surface area contributed by atoms with Gasteiger partial charge in [-0.15, -0.1) is 0 Å². The van der Waals surface area contributed by atoms with Crippen molar-refractivity contribution in [1.82, 2.24) is 0 Å². The van der Waals surface area contributed by atoms with Gasteiger partial charge in [-0.1, -0.05) is 54.6 Å². The van der Waals surface area contributed by atoms with E-state index >= 15 is 0 Å². The second-order valence-electron chi connectivity index (χ2n) is 7.01. The van der Waals surface area contributed by atoms with Crippen molar-refractivity contribution in [3.63, 3.8) is 0 Å². The Hall–Kier alpha value is -2.05. The third kappa shape index (κ3) is 4.12. The first kappa shape index (κ1) is 18.3. The van der Waals surface area contributed by atoms with Gasteiger partial charge >= 0.3 is 0 Å². The van der Waals surface area contributed by atoms with Crippen molar-refractivity contribution < 1.29 is 23.7 Å². The molecule has 0 amide bonds. The summed E-state index contributed by atoms with van der Waals surface area (Å²) in [6, 6.07) is 17.9. The van der Waals surface area contributed by atoms with Crippen molar-refractivity contribution in [2.45, 2.75) is 51.2 Å². The lowest BCUT2D eigenvalue weighted by Crippen LogP contribution is -2.57. The van der Waals surface area contributed by atoms with Crippen LogP contribution in [0.4, 0.5) is 0 Å². The molecule has 0 saturated carbocycles. The monoisotopic (exact) mass is 368 g/mol. The highest BCUT2D eigenvalue weighted by Crippen LogP contribution is 2.27. The Morgan fingerprint density at radius 3 is 2.48 bits per heavy atom. The molecule has 4 rings (SSSR count). The van der Waals surface area contributed by atoms with Crippen LogP contribution < -0.4 is 0 Å². The summed E-state index contributed by atoms with van der Waals surface area (Å²) in [4.78, 5) is 12.9. The van der Waals surface area contributed by atoms with Crippen molar-refractivity contribution in [3.8, 4) is 0 Å². The Kier molecular flexibility index (Phi) is 5.64. The molecular formula is C22H24O5. The number of hydrogen-bond acceptors (Lipinski definition) is 5. The highest BCUT2D eigenvalue weighted by atomic mass is 16.6. The van der Waals surface area contributed by atoms with E-state index in [9.17, 15) is 4.79 Å². The van der Waals surface area contributed by atoms with Gasteiger partial charge < -0.3 is 18.9 Å². The first-order valence-corrected chi connectivity index (χ1v) is 9.33. The molecule has 142 valence electrons. The van der Waals surface area contributed by atoms with Gasteiger partial charge in [-0.05, 0) is 23.6 Å². The maximum absolute atomic E-state index is 12.9. The summed E-state index contributed by atoms with van der Waals surface area (Å²) in [5.41, 5.74) is 3.15. The lowest BCUT2D eigenvalue weighted by Gasteiger charge is -2.39. The van der Waals surface area contributed by atoms with Gasteiger partial charge in [0.2, 0.25) is 0 Å². The fraction of sp³-hybridized carbons (Fsp3) is 0.409. The maximum Gasteiger partial charge on any atom is 0.195 e. The SMILES string of the molecule is C[C@@H]1OC2COCc3ccccc3CO[C@H](C2=O)C1OCc1ccccc1. The zero-order valence-corrected chi connectivity index (χ0v) is 15.4. The minimum Gasteiger partial charge on any atom is -0.374 e. The Morgan fingerprint density at radius 1 is 1.00 bits per heavy atom. The van der Waals surface area contributed by atoms with E-state index in [-0.39, 0.29) is 18.5 Å². The van der Waals surface area contributed by atoms with Crippen molar-refractivity contribution in [2.75, 3.05) is 6.61 Å². The van der Waals surface area contributed by atoms with Gasteiger partial charge in [-0.25, -0.2) is 0 Å². The smallest absolute Gasteiger partial charge is 0.195 e. The number of carbonyl (C=O) groups excluding carboxylic acids is 1. The number of hydrogen-bond donors (Lipinski definition) is 0. The van der Waals surface area contributed by atoms with Gasteiger partial charge in [0, 0.05) is 0 Å². The van der Waals surface area contributed by atoms with Crippen LogP contribution in [0.5, 0.6) is 0 Å². The number of Topliss-reactive ketones (excluding diaryl/α,β-unsaturated/α-hetero) is 1. The lowest BCUT2D eigenvalue weighted by atomic mass is 9.96. The molecule has 2 aromatic carbocycles. The summed E-state index contributed by atoms with van der Waals surface area (Å²) in [6.45, 7) is 3.35. The molecule has 1 fully saturated rings. The Bertz CT molecular complexity index is 775. The van der Waals surface area contributed by atoms with Gasteiger partial charge in [0.05, 0.1) is 32.5 Å². The third-order valence-electron chi connectivity index (χ3n) is 5.09. The van der Waals surface area contributed by atoms with Gasteiger partial charge in [-0.3, -0.25) is 4.79 Å². The van der Waals surface area contributed by atoms with Crippen LogP contribution in [0.3, 0.4) is 0 Å². The largest absolute Gasteiger partial charge is 0.374 e. The van der Waals surface area contributed by atoms with Gasteiger partial charge in [-0.2, -0.15) is 0 Å². The van der Waals surface area contributed by atoms with Crippen LogP contribution in [0, 0.1) is 0 Å². The molecule has 2 aliphatic heterocycles. The average molecular weight is 368 g/mol. The summed E-state index contributed by atoms with van der Waals surface area (Å²) in [5, 5.41) is 0. The van der Waals surface area contributed by atoms with Gasteiger partial charge in [0.25, 0.3) is 0 Å². The molecule has 0 radical (unpaired) electrons. The van der Waals surface area contributed by atoms with E-state index in [2.05, 4.69) is 0 Å². The molecule has 2 unspecified atom stereocenters. The van der Waals surface area contributed by atoms with E-state index in [0.717, 1.165) is 16.7 Å². The molecule has 5 nitrogen and oxygen atoms in total. The second kappa shape index (κ2) is 8.31. The molecule has 27 heavy (non-hydrogen) atoms. The minimum atomic E-state index is -0.669. The van der Waals surface area contributed by atoms with E-state index in [1.807, 2.05) is 61.5 Å². The highest BCUT2D eigenvalue weighted by molar-refractivity contribution is 5.89. The summed E-state index contributed by atoms with van der Waals surface area (Å²) in [6.07, 6.45) is -2.01. The molecule has 0 N–H and O–H groups in total. The minimum absolute atomic E-state index is 0.106. The summed E-state index contributed by atoms with van der Waals surface area (Å²) >= 11 is 0. The molecule has 2 aliphatic rings. The van der Waals surface area contributed by atoms with Crippen LogP contribution >= 0.6 is 0 Å². The van der Waals surface area contributed by atoms with E-state index in [1.54, 1.807) is 0 Å². The normalized spacial score (nSPS) is 28.4. The third-order valence-corrected chi connectivity index (χ3v) is 5.09. The molecule has 0 aliphatic carbocycles. The number of carbonyl (C=O) groups is 1. The number of fused-ring (bicyclic) bond motifs is 3. The molecule has 0 spiro atoms. The van der Waals surface area contributed by atoms with Gasteiger partial charge in [0.15, 0.2) is 5.78 Å². The van der Waals surface area contributed by atoms with Crippen molar-refractivity contribution in [2.24, 2.45) is 0 Å². The zero-order chi connectivity index (χ0) is 18.6. The molecule has 1 saturated heterocycles. The van der Waals surface area contributed by atoms with Crippen molar-refractivity contribution in [1.29, 1.82) is 0 Å². The van der Waals surface area contributed by atoms with Crippen LogP contribution in [0.1, 0.15) is 23.6 Å². The quantitative estimate of drug-likeness (QED) is 0.834. The first-order valence-electron chi connectivity index (χ1n) is 9.33. The maximum atomic E-state index is 12.9. The molecule has 5 heteroatoms. The van der Waals surface area contributed by atoms with E-state index in [4.69, 9.17) is 18.9 Å². The van der Waals surface area contributed by atoms with E-state index in [1.165, 1.54) is 0 Å². The number of ether oxygens (including phenoxy) is 4. The topological polar surface area (TPSA) is 54.0 Å². The number of benzene rings is 2. The molecular weight excluding hydrogens is 344 g/mol. The van der Waals surface area contributed by atoms with E-state index in [0.29, 0.717) is 19.8 Å². The zero-order valence-electron chi connectivity index (χ0n) is 15.4. The summed E-state index contributed by atoms with van der Waals surface area (Å²) < 4.78 is 23.8. The van der Waals surface area contributed by atoms with Crippen molar-refractivity contribution in [3.05, 3.63) is 71.3 Å². The average Bonchev–Trinajstić information content (AvgIpc) is 2.69. The van der Waals surface area contributed by atoms with Crippen LogP contribution in [-0.2, 0) is 43.6 Å². The second-order valence-corrected chi connectivity index (χ2v) is 7.01. The Balaban J connectivity index is 1.54. The summed E-state index contributed by atoms with van der Waals surface area (Å²) in [5.74, 6) is -0.106. The molecule has 2 bridgehead atoms. The fourth-order valence-electron chi connectivity index (χ4n) is 3.58. The molecule has 2 aromatic rings. The summed E-state index contributed by atoms with van der Waals surface area (Å²) in [7, 11) is 0. The van der Waals surface area contributed by atoms with Crippen LogP contribution in [0.25, 0.3) is 0 Å². The molecule has 2 heterocycles. The Morgan fingerprint density at radius 2 is 1.70 bits per heavy atom. The van der Waals surface area contributed by atoms with E-state index < -0.39 is 18.3 Å². The first-order chi connectivity index (χ1) is 13.2. The molecule has 0 aromatic heterocycles. The lowest BCUT2D eigenvalue weighted by molar-refractivity contribution is -0.208. The van der Waals surface area contributed by atoms with Crippen LogP contribution in [-0.4, -0.2) is 36.8 Å². The molecule has 4 atom stereocenters. The van der Waals surface area contributed by atoms with Crippen molar-refractivity contribution >= 4 is 5.78 Å². The van der Waals surface area contributed by atoms with Crippen LogP contribution in [0.15, 0.2) is 54.6 Å². The standard InChI is InChI=1S/C22H24O5/c1-15-21(25-11-16-7-3-2-4-8-16)22-20(23)19(27-15)14-24-12-17-9-5-6-10-18(17)13-26-22/h2-10,15,19,21-22H,11-14H2,1H3/t15-,19?,21?,22+/m0/s1.